The molecular weight excluding hydrogens is 600 g/mol. The molecule has 0 aromatic heterocycles. The van der Waals surface area contributed by atoms with E-state index in [0.29, 0.717) is 77.4 Å². The van der Waals surface area contributed by atoms with Gasteiger partial charge in [0.05, 0.1) is 0 Å². The van der Waals surface area contributed by atoms with Crippen LogP contribution in [-0.2, 0) is 24.0 Å². The minimum absolute atomic E-state index is 0.0966. The number of carbonyl (C=O) groups excluding carboxylic acids is 5. The van der Waals surface area contributed by atoms with E-state index < -0.39 is 29.9 Å². The number of amides is 5. The van der Waals surface area contributed by atoms with Gasteiger partial charge in [-0.25, -0.2) is 0 Å². The average Bonchev–Trinajstić information content (AvgIpc) is 3.04. The molecule has 0 aliphatic heterocycles. The Balaban J connectivity index is 4.93. The van der Waals surface area contributed by atoms with Crippen LogP contribution < -0.4 is 44.2 Å². The summed E-state index contributed by atoms with van der Waals surface area (Å²) in [7, 11) is 0. The minimum atomic E-state index is -0.809. The van der Waals surface area contributed by atoms with Crippen LogP contribution in [0.2, 0.25) is 0 Å². The first-order valence-electron chi connectivity index (χ1n) is 18.3. The van der Waals surface area contributed by atoms with Crippen LogP contribution in [-0.4, -0.2) is 73.8 Å². The molecule has 0 saturated carbocycles. The predicted molar refractivity (Wildman–Crippen MR) is 188 cm³/mol. The van der Waals surface area contributed by atoms with E-state index in [1.807, 2.05) is 0 Å². The molecule has 12 N–H and O–H groups in total. The number of nitrogens with one attached hydrogen (secondary N) is 4. The fraction of sp³-hybridized carbons (Fsp3) is 0.853. The Kier molecular flexibility index (Phi) is 28.8. The first-order valence-corrected chi connectivity index (χ1v) is 18.3. The molecule has 0 radical (unpaired) electrons. The van der Waals surface area contributed by atoms with Gasteiger partial charge in [0, 0.05) is 19.4 Å². The predicted octanol–water partition coefficient (Wildman–Crippen LogP) is 2.13. The number of hydrogen-bond donors (Lipinski definition) is 8. The van der Waals surface area contributed by atoms with Crippen LogP contribution in [0.1, 0.15) is 142 Å². The van der Waals surface area contributed by atoms with Gasteiger partial charge in [0.2, 0.25) is 29.5 Å². The zero-order valence-electron chi connectivity index (χ0n) is 29.3. The number of rotatable bonds is 32. The lowest BCUT2D eigenvalue weighted by atomic mass is 10.0. The van der Waals surface area contributed by atoms with Gasteiger partial charge in [-0.15, -0.1) is 0 Å². The zero-order valence-corrected chi connectivity index (χ0v) is 29.3. The Hall–Kier alpha value is -2.77. The van der Waals surface area contributed by atoms with E-state index in [-0.39, 0.29) is 30.7 Å². The Labute approximate surface area is 283 Å². The highest BCUT2D eigenvalue weighted by Gasteiger charge is 2.26. The molecule has 3 unspecified atom stereocenters. The highest BCUT2D eigenvalue weighted by Crippen LogP contribution is 2.11. The lowest BCUT2D eigenvalue weighted by Crippen LogP contribution is -2.53. The van der Waals surface area contributed by atoms with Gasteiger partial charge in [-0.2, -0.15) is 0 Å². The summed E-state index contributed by atoms with van der Waals surface area (Å²) in [6.07, 6.45) is 16.5. The zero-order chi connectivity index (χ0) is 35.1. The van der Waals surface area contributed by atoms with Gasteiger partial charge in [-0.3, -0.25) is 24.0 Å². The van der Waals surface area contributed by atoms with E-state index in [1.54, 1.807) is 0 Å². The Morgan fingerprint density at radius 2 is 0.915 bits per heavy atom. The van der Waals surface area contributed by atoms with Crippen molar-refractivity contribution in [3.05, 3.63) is 0 Å². The Morgan fingerprint density at radius 3 is 1.40 bits per heavy atom. The Morgan fingerprint density at radius 1 is 0.489 bits per heavy atom. The second kappa shape index (κ2) is 30.6. The third-order valence-electron chi connectivity index (χ3n) is 8.19. The molecule has 0 aromatic carbocycles. The van der Waals surface area contributed by atoms with Crippen molar-refractivity contribution in [1.29, 1.82) is 0 Å². The first kappa shape index (κ1) is 44.2. The molecule has 0 aliphatic rings. The van der Waals surface area contributed by atoms with Crippen molar-refractivity contribution in [2.24, 2.45) is 22.9 Å². The molecule has 0 heterocycles. The van der Waals surface area contributed by atoms with E-state index in [9.17, 15) is 24.0 Å². The molecule has 274 valence electrons. The highest BCUT2D eigenvalue weighted by atomic mass is 16.2. The van der Waals surface area contributed by atoms with E-state index in [1.165, 1.54) is 38.5 Å². The van der Waals surface area contributed by atoms with Gasteiger partial charge >= 0.3 is 0 Å². The van der Waals surface area contributed by atoms with E-state index in [0.717, 1.165) is 32.1 Å². The van der Waals surface area contributed by atoms with Crippen LogP contribution in [0.4, 0.5) is 0 Å². The molecular formula is C34H68N8O5. The molecule has 0 spiro atoms. The molecule has 0 aliphatic carbocycles. The number of unbranched alkanes of at least 4 members (excludes halogenated alkanes) is 11. The molecule has 13 nitrogen and oxygen atoms in total. The summed E-state index contributed by atoms with van der Waals surface area (Å²) in [6, 6.07) is -2.32. The number of hydrogen-bond acceptors (Lipinski definition) is 8. The average molecular weight is 669 g/mol. The van der Waals surface area contributed by atoms with Crippen LogP contribution in [0.25, 0.3) is 0 Å². The highest BCUT2D eigenvalue weighted by molar-refractivity contribution is 5.92. The molecule has 0 bridgehead atoms. The van der Waals surface area contributed by atoms with Crippen LogP contribution >= 0.6 is 0 Å². The summed E-state index contributed by atoms with van der Waals surface area (Å²) in [6.45, 7) is 3.87. The maximum atomic E-state index is 13.4. The standard InChI is InChI=1S/C34H68N8O5/c1-2-3-4-5-6-7-8-9-10-21-30(43)41-29(20-13-16-25-37)34(47)42-28(19-12-15-24-36)33(46)39-26-17-22-31(44)40-27(32(38)45)18-11-14-23-35/h27-29H,2-26,35-37H2,1H3,(H2,38,45)(H,39,46)(H,40,44)(H,41,43)(H,42,47). The summed E-state index contributed by atoms with van der Waals surface area (Å²) in [5.74, 6) is -1.86. The van der Waals surface area contributed by atoms with Crippen molar-refractivity contribution < 1.29 is 24.0 Å². The van der Waals surface area contributed by atoms with Gasteiger partial charge < -0.3 is 44.2 Å². The SMILES string of the molecule is CCCCCCCCCCCC(=O)NC(CCCCN)C(=O)NC(CCCCN)C(=O)NCCCC(=O)NC(CCCCN)C(N)=O. The van der Waals surface area contributed by atoms with Crippen molar-refractivity contribution >= 4 is 29.5 Å². The van der Waals surface area contributed by atoms with Crippen molar-refractivity contribution in [3.63, 3.8) is 0 Å². The van der Waals surface area contributed by atoms with Gasteiger partial charge in [0.25, 0.3) is 0 Å². The van der Waals surface area contributed by atoms with Gasteiger partial charge in [0.1, 0.15) is 18.1 Å². The molecule has 0 saturated heterocycles. The van der Waals surface area contributed by atoms with Crippen LogP contribution in [0, 0.1) is 0 Å². The van der Waals surface area contributed by atoms with Gasteiger partial charge in [-0.1, -0.05) is 58.3 Å². The maximum absolute atomic E-state index is 13.4. The van der Waals surface area contributed by atoms with Crippen molar-refractivity contribution in [3.8, 4) is 0 Å². The lowest BCUT2D eigenvalue weighted by molar-refractivity contribution is -0.132. The smallest absolute Gasteiger partial charge is 0.243 e. The quantitative estimate of drug-likeness (QED) is 0.0493. The fourth-order valence-corrected chi connectivity index (χ4v) is 5.29. The number of carbonyl (C=O) groups is 5. The van der Waals surface area contributed by atoms with Gasteiger partial charge in [0.15, 0.2) is 0 Å². The first-order chi connectivity index (χ1) is 22.7. The summed E-state index contributed by atoms with van der Waals surface area (Å²) in [4.78, 5) is 63.2. The van der Waals surface area contributed by atoms with E-state index in [4.69, 9.17) is 22.9 Å². The van der Waals surface area contributed by atoms with Crippen molar-refractivity contribution in [2.75, 3.05) is 26.2 Å². The monoisotopic (exact) mass is 669 g/mol. The molecule has 0 rings (SSSR count). The maximum Gasteiger partial charge on any atom is 0.243 e. The number of primary amides is 1. The number of nitrogens with two attached hydrogens (primary N) is 4. The molecule has 3 atom stereocenters. The second-order valence-corrected chi connectivity index (χ2v) is 12.5. The van der Waals surface area contributed by atoms with Crippen LogP contribution in [0.3, 0.4) is 0 Å². The molecule has 13 heteroatoms. The van der Waals surface area contributed by atoms with Crippen molar-refractivity contribution in [2.45, 2.75) is 160 Å². The summed E-state index contributed by atoms with van der Waals surface area (Å²) in [5, 5.41) is 11.2. The summed E-state index contributed by atoms with van der Waals surface area (Å²) < 4.78 is 0. The second-order valence-electron chi connectivity index (χ2n) is 12.5. The van der Waals surface area contributed by atoms with Crippen LogP contribution in [0.15, 0.2) is 0 Å². The third kappa shape index (κ3) is 25.0. The lowest BCUT2D eigenvalue weighted by Gasteiger charge is -2.23. The molecule has 5 amide bonds. The Bertz CT molecular complexity index is 860. The summed E-state index contributed by atoms with van der Waals surface area (Å²) in [5.41, 5.74) is 22.2. The largest absolute Gasteiger partial charge is 0.368 e. The third-order valence-corrected chi connectivity index (χ3v) is 8.19. The molecule has 47 heavy (non-hydrogen) atoms. The van der Waals surface area contributed by atoms with E-state index in [2.05, 4.69) is 28.2 Å². The molecule has 0 fully saturated rings. The normalized spacial score (nSPS) is 12.9. The topological polar surface area (TPSA) is 238 Å². The minimum Gasteiger partial charge on any atom is -0.368 e. The van der Waals surface area contributed by atoms with Gasteiger partial charge in [-0.05, 0) is 90.3 Å². The fourth-order valence-electron chi connectivity index (χ4n) is 5.29. The van der Waals surface area contributed by atoms with Crippen LogP contribution in [0.5, 0.6) is 0 Å². The van der Waals surface area contributed by atoms with Crippen molar-refractivity contribution in [1.82, 2.24) is 21.3 Å². The summed E-state index contributed by atoms with van der Waals surface area (Å²) >= 11 is 0. The van der Waals surface area contributed by atoms with E-state index >= 15 is 0 Å². The molecule has 0 aromatic rings.